The van der Waals surface area contributed by atoms with E-state index in [2.05, 4.69) is 205 Å². The third-order valence-electron chi connectivity index (χ3n) is 18.1. The molecule has 2 aliphatic rings. The van der Waals surface area contributed by atoms with Gasteiger partial charge in [0.05, 0.1) is 0 Å². The Bertz CT molecular complexity index is 2880. The maximum absolute atomic E-state index is 5.46. The monoisotopic (exact) mass is 1250 g/mol. The normalized spacial score (nSPS) is 13.0. The highest BCUT2D eigenvalue weighted by Crippen LogP contribution is 2.57. The third-order valence-corrected chi connectivity index (χ3v) is 19.1. The standard InChI is InChI=1S/C43H56N2.C29H40Br2.C7H9N/c1-5-7-9-11-13-15-27-43(28-16-14-12-10-8-6-2)41-31-37(44-35-21-17-19-33(3)29-35)23-25-39(41)40-26-24-38(32-42(40)43)45-36-22-18-20-34(4)30-36;1-3-5-7-9-11-13-19-29(20-14-12-10-8-6-4-2)27-21-23(30)15-17-25(27)26-18-16-24(31)22-28(26)29;1-6-3-2-4-7(8)5-6/h17-26,29-32,44-45H,5-16,27-28H2,1-4H3;15-18,21-22H,3-14,19-20H2,1-2H3;2-5H,8H2,1H3. The molecule has 0 saturated carbocycles. The molecule has 0 fully saturated rings. The first kappa shape index (κ1) is 66.4. The lowest BCUT2D eigenvalue weighted by Gasteiger charge is -2.33. The first-order chi connectivity index (χ1) is 40.9. The number of nitrogen functional groups attached to an aromatic ring is 1. The second-order valence-corrected chi connectivity index (χ2v) is 26.9. The van der Waals surface area contributed by atoms with Gasteiger partial charge in [-0.15, -0.1) is 0 Å². The van der Waals surface area contributed by atoms with E-state index < -0.39 is 0 Å². The second kappa shape index (κ2) is 34.9. The molecule has 84 heavy (non-hydrogen) atoms. The van der Waals surface area contributed by atoms with Gasteiger partial charge >= 0.3 is 0 Å². The third kappa shape index (κ3) is 18.9. The number of halogens is 2. The van der Waals surface area contributed by atoms with Crippen LogP contribution in [0.4, 0.5) is 28.4 Å². The number of nitrogens with two attached hydrogens (primary N) is 1. The van der Waals surface area contributed by atoms with Crippen molar-refractivity contribution in [1.29, 1.82) is 0 Å². The molecule has 0 bridgehead atoms. The second-order valence-electron chi connectivity index (χ2n) is 25.0. The summed E-state index contributed by atoms with van der Waals surface area (Å²) in [6, 6.07) is 53.6. The summed E-state index contributed by atoms with van der Waals surface area (Å²) in [5.74, 6) is 0. The van der Waals surface area contributed by atoms with E-state index in [4.69, 9.17) is 5.73 Å². The fourth-order valence-electron chi connectivity index (χ4n) is 13.7. The molecule has 5 heteroatoms. The number of aryl methyl sites for hydroxylation is 3. The maximum Gasteiger partial charge on any atom is 0.0387 e. The SMILES string of the molecule is CCCCCCCCC1(CCCCCCCC)c2cc(Br)ccc2-c2ccc(Br)cc21.CCCCCCCCC1(CCCCCCCC)c2cc(Nc3cccc(C)c3)ccc2-c2ccc(Nc3cccc(C)c3)cc21.Cc1cccc(N)c1. The predicted octanol–water partition coefficient (Wildman–Crippen LogP) is 26.1. The number of benzene rings is 7. The number of hydrogen-bond donors (Lipinski definition) is 3. The minimum absolute atomic E-state index is 0.0365. The van der Waals surface area contributed by atoms with Gasteiger partial charge in [0, 0.05) is 48.2 Å². The summed E-state index contributed by atoms with van der Waals surface area (Å²) in [6.07, 6.45) is 37.3. The molecule has 3 nitrogen and oxygen atoms in total. The fourth-order valence-corrected chi connectivity index (χ4v) is 14.4. The Morgan fingerprint density at radius 2 is 0.595 bits per heavy atom. The molecule has 7 aromatic carbocycles. The van der Waals surface area contributed by atoms with Gasteiger partial charge < -0.3 is 16.4 Å². The number of rotatable bonds is 32. The molecule has 0 amide bonds. The summed E-state index contributed by atoms with van der Waals surface area (Å²) < 4.78 is 2.43. The highest BCUT2D eigenvalue weighted by atomic mass is 79.9. The van der Waals surface area contributed by atoms with Crippen LogP contribution in [0, 0.1) is 20.8 Å². The van der Waals surface area contributed by atoms with E-state index in [9.17, 15) is 0 Å². The molecule has 0 atom stereocenters. The molecule has 7 aromatic rings. The summed E-state index contributed by atoms with van der Waals surface area (Å²) in [5.41, 5.74) is 27.0. The van der Waals surface area contributed by atoms with Crippen LogP contribution >= 0.6 is 31.9 Å². The Kier molecular flexibility index (Phi) is 27.6. The number of fused-ring (bicyclic) bond motifs is 6. The molecule has 0 radical (unpaired) electrons. The van der Waals surface area contributed by atoms with E-state index in [1.165, 1.54) is 250 Å². The van der Waals surface area contributed by atoms with Crippen LogP contribution < -0.4 is 16.4 Å². The quantitative estimate of drug-likeness (QED) is 0.0291. The van der Waals surface area contributed by atoms with Gasteiger partial charge in [0.15, 0.2) is 0 Å². The summed E-state index contributed by atoms with van der Waals surface area (Å²) in [7, 11) is 0. The van der Waals surface area contributed by atoms with E-state index >= 15 is 0 Å². The van der Waals surface area contributed by atoms with Crippen molar-refractivity contribution in [1.82, 2.24) is 0 Å². The van der Waals surface area contributed by atoms with E-state index in [-0.39, 0.29) is 10.8 Å². The smallest absolute Gasteiger partial charge is 0.0387 e. The molecule has 450 valence electrons. The van der Waals surface area contributed by atoms with Crippen LogP contribution in [-0.2, 0) is 10.8 Å². The molecule has 9 rings (SSSR count). The summed E-state index contributed by atoms with van der Waals surface area (Å²) >= 11 is 7.57. The summed E-state index contributed by atoms with van der Waals surface area (Å²) in [4.78, 5) is 0. The van der Waals surface area contributed by atoms with Gasteiger partial charge in [0.1, 0.15) is 0 Å². The highest BCUT2D eigenvalue weighted by Gasteiger charge is 2.44. The number of hydrogen-bond acceptors (Lipinski definition) is 3. The lowest BCUT2D eigenvalue weighted by molar-refractivity contribution is 0.397. The van der Waals surface area contributed by atoms with E-state index in [1.54, 1.807) is 11.1 Å². The topological polar surface area (TPSA) is 50.1 Å². The summed E-state index contributed by atoms with van der Waals surface area (Å²) in [5, 5.41) is 7.51. The first-order valence-electron chi connectivity index (χ1n) is 33.3. The fraction of sp³-hybridized carbons (Fsp3) is 0.468. The zero-order valence-electron chi connectivity index (χ0n) is 53.0. The molecule has 4 N–H and O–H groups in total. The van der Waals surface area contributed by atoms with Crippen LogP contribution in [-0.4, -0.2) is 0 Å². The lowest BCUT2D eigenvalue weighted by Crippen LogP contribution is -2.26. The molecule has 2 aliphatic carbocycles. The molecule has 0 aromatic heterocycles. The van der Waals surface area contributed by atoms with E-state index in [0.717, 1.165) is 17.1 Å². The molecule has 0 unspecified atom stereocenters. The Hall–Kier alpha value is -5.10. The van der Waals surface area contributed by atoms with Gasteiger partial charge in [0.2, 0.25) is 0 Å². The van der Waals surface area contributed by atoms with Gasteiger partial charge in [-0.25, -0.2) is 0 Å². The molecular formula is C79H105Br2N3. The molecule has 0 aliphatic heterocycles. The predicted molar refractivity (Wildman–Crippen MR) is 377 cm³/mol. The van der Waals surface area contributed by atoms with Crippen LogP contribution in [0.1, 0.15) is 246 Å². The lowest BCUT2D eigenvalue weighted by atomic mass is 9.70. The zero-order chi connectivity index (χ0) is 59.6. The van der Waals surface area contributed by atoms with E-state index in [1.807, 2.05) is 31.2 Å². The molecule has 0 spiro atoms. The minimum atomic E-state index is 0.0365. The first-order valence-corrected chi connectivity index (χ1v) is 34.9. The number of anilines is 5. The average molecular weight is 1260 g/mol. The molecule has 0 heterocycles. The van der Waals surface area contributed by atoms with Crippen LogP contribution in [0.3, 0.4) is 0 Å². The van der Waals surface area contributed by atoms with Crippen LogP contribution in [0.5, 0.6) is 0 Å². The number of unbranched alkanes of at least 4 members (excludes halogenated alkanes) is 20. The van der Waals surface area contributed by atoms with E-state index in [0.29, 0.717) is 0 Å². The Morgan fingerprint density at radius 1 is 0.310 bits per heavy atom. The van der Waals surface area contributed by atoms with Crippen molar-refractivity contribution in [2.24, 2.45) is 0 Å². The minimum Gasteiger partial charge on any atom is -0.399 e. The van der Waals surface area contributed by atoms with Crippen molar-refractivity contribution < 1.29 is 0 Å². The van der Waals surface area contributed by atoms with Crippen molar-refractivity contribution in [3.63, 3.8) is 0 Å². The van der Waals surface area contributed by atoms with Crippen molar-refractivity contribution in [2.75, 3.05) is 16.4 Å². The van der Waals surface area contributed by atoms with Crippen molar-refractivity contribution in [3.05, 3.63) is 193 Å². The van der Waals surface area contributed by atoms with Gasteiger partial charge in [-0.05, 0) is 193 Å². The van der Waals surface area contributed by atoms with Gasteiger partial charge in [-0.3, -0.25) is 0 Å². The Balaban J connectivity index is 0.000000223. The van der Waals surface area contributed by atoms with Gasteiger partial charge in [-0.1, -0.05) is 274 Å². The van der Waals surface area contributed by atoms with Crippen molar-refractivity contribution in [3.8, 4) is 22.3 Å². The number of nitrogens with one attached hydrogen (secondary N) is 2. The zero-order valence-corrected chi connectivity index (χ0v) is 56.2. The average Bonchev–Trinajstić information content (AvgIpc) is 1.86. The van der Waals surface area contributed by atoms with Gasteiger partial charge in [-0.2, -0.15) is 0 Å². The van der Waals surface area contributed by atoms with Crippen LogP contribution in [0.25, 0.3) is 22.3 Å². The Labute approximate surface area is 527 Å². The molecular weight excluding hydrogens is 1150 g/mol. The molecule has 0 saturated heterocycles. The van der Waals surface area contributed by atoms with Crippen molar-refractivity contribution in [2.45, 2.75) is 239 Å². The van der Waals surface area contributed by atoms with Gasteiger partial charge in [0.25, 0.3) is 0 Å². The highest BCUT2D eigenvalue weighted by molar-refractivity contribution is 9.10. The van der Waals surface area contributed by atoms with Crippen LogP contribution in [0.15, 0.2) is 155 Å². The maximum atomic E-state index is 5.46. The largest absolute Gasteiger partial charge is 0.399 e. The van der Waals surface area contributed by atoms with Crippen LogP contribution in [0.2, 0.25) is 0 Å². The summed E-state index contributed by atoms with van der Waals surface area (Å²) in [6.45, 7) is 15.6. The van der Waals surface area contributed by atoms with Crippen molar-refractivity contribution >= 4 is 60.3 Å². The Morgan fingerprint density at radius 3 is 0.905 bits per heavy atom.